The number of thioether (sulfide) groups is 1. The average molecular weight is 561 g/mol. The molecular weight excluding hydrogens is 524 g/mol. The number of esters is 1. The molecule has 3 saturated heterocycles. The number of likely N-dealkylation sites (tertiary alicyclic amines) is 1. The van der Waals surface area contributed by atoms with Crippen molar-refractivity contribution in [2.75, 3.05) is 31.2 Å². The molecule has 3 fully saturated rings. The molecular formula is C29H37ClN2O5S. The van der Waals surface area contributed by atoms with Gasteiger partial charge in [-0.05, 0) is 50.2 Å². The van der Waals surface area contributed by atoms with Crippen molar-refractivity contribution in [3.8, 4) is 0 Å². The lowest BCUT2D eigenvalue weighted by atomic mass is 9.66. The van der Waals surface area contributed by atoms with Crippen molar-refractivity contribution in [3.05, 3.63) is 54.6 Å². The van der Waals surface area contributed by atoms with Crippen LogP contribution in [0.3, 0.4) is 0 Å². The largest absolute Gasteiger partial charge is 0.465 e. The summed E-state index contributed by atoms with van der Waals surface area (Å²) in [4.78, 5) is 45.1. The predicted molar refractivity (Wildman–Crippen MR) is 151 cm³/mol. The van der Waals surface area contributed by atoms with Crippen molar-refractivity contribution < 1.29 is 24.2 Å². The highest BCUT2D eigenvalue weighted by atomic mass is 35.5. The summed E-state index contributed by atoms with van der Waals surface area (Å²) in [6.45, 7) is 10.3. The first-order chi connectivity index (χ1) is 18.3. The fourth-order valence-electron chi connectivity index (χ4n) is 6.46. The number of anilines is 1. The topological polar surface area (TPSA) is 87.2 Å². The van der Waals surface area contributed by atoms with E-state index in [-0.39, 0.29) is 48.6 Å². The molecule has 0 saturated carbocycles. The number of nitrogens with zero attached hydrogens (tertiary/aromatic N) is 2. The van der Waals surface area contributed by atoms with E-state index in [0.29, 0.717) is 23.7 Å². The van der Waals surface area contributed by atoms with Gasteiger partial charge in [-0.3, -0.25) is 14.4 Å². The Morgan fingerprint density at radius 1 is 1.26 bits per heavy atom. The summed E-state index contributed by atoms with van der Waals surface area (Å²) in [5.74, 6) is -2.00. The van der Waals surface area contributed by atoms with Crippen LogP contribution in [0.15, 0.2) is 49.6 Å². The quantitative estimate of drug-likeness (QED) is 0.217. The third-order valence-electron chi connectivity index (χ3n) is 8.08. The van der Waals surface area contributed by atoms with Crippen LogP contribution in [-0.4, -0.2) is 70.1 Å². The molecule has 2 amide bonds. The van der Waals surface area contributed by atoms with Crippen LogP contribution in [-0.2, 0) is 19.1 Å². The number of halogens is 1. The Labute approximate surface area is 234 Å². The highest BCUT2D eigenvalue weighted by Crippen LogP contribution is 2.68. The fourth-order valence-corrected chi connectivity index (χ4v) is 9.10. The Hall–Kier alpha value is -2.29. The van der Waals surface area contributed by atoms with E-state index in [1.165, 1.54) is 0 Å². The number of unbranched alkanes of at least 4 members (excludes halogenated alkanes) is 2. The Bertz CT molecular complexity index is 1080. The summed E-state index contributed by atoms with van der Waals surface area (Å²) in [5.41, 5.74) is 0.550. The molecule has 1 N–H and O–H groups in total. The zero-order valence-electron chi connectivity index (χ0n) is 21.9. The minimum atomic E-state index is -0.793. The van der Waals surface area contributed by atoms with Gasteiger partial charge in [0.2, 0.25) is 5.91 Å². The first kappa shape index (κ1) is 28.7. The Morgan fingerprint density at radius 3 is 2.71 bits per heavy atom. The molecule has 3 aliphatic rings. The van der Waals surface area contributed by atoms with Gasteiger partial charge in [-0.1, -0.05) is 42.8 Å². The van der Waals surface area contributed by atoms with Crippen molar-refractivity contribution in [1.29, 1.82) is 0 Å². The summed E-state index contributed by atoms with van der Waals surface area (Å²) < 4.78 is 4.91. The van der Waals surface area contributed by atoms with Gasteiger partial charge < -0.3 is 19.6 Å². The van der Waals surface area contributed by atoms with Gasteiger partial charge in [0.1, 0.15) is 6.04 Å². The number of aliphatic hydroxyl groups excluding tert-OH is 1. The van der Waals surface area contributed by atoms with Crippen LogP contribution in [0.5, 0.6) is 0 Å². The van der Waals surface area contributed by atoms with Crippen molar-refractivity contribution in [2.45, 2.75) is 55.1 Å². The number of hydrogen-bond acceptors (Lipinski definition) is 6. The average Bonchev–Trinajstić information content (AvgIpc) is 3.49. The van der Waals surface area contributed by atoms with Gasteiger partial charge in [0.05, 0.1) is 33.9 Å². The lowest BCUT2D eigenvalue weighted by Crippen LogP contribution is -2.57. The molecule has 9 heteroatoms. The number of rotatable bonds is 13. The van der Waals surface area contributed by atoms with Crippen molar-refractivity contribution in [1.82, 2.24) is 4.90 Å². The van der Waals surface area contributed by atoms with Gasteiger partial charge >= 0.3 is 5.97 Å². The second kappa shape index (κ2) is 12.3. The lowest BCUT2D eigenvalue weighted by molar-refractivity contribution is -0.154. The number of hydrogen-bond donors (Lipinski definition) is 1. The summed E-state index contributed by atoms with van der Waals surface area (Å²) in [5, 5.41) is 9.93. The molecule has 3 unspecified atom stereocenters. The van der Waals surface area contributed by atoms with Crippen molar-refractivity contribution >= 4 is 46.8 Å². The predicted octanol–water partition coefficient (Wildman–Crippen LogP) is 4.48. The van der Waals surface area contributed by atoms with Crippen LogP contribution in [0.25, 0.3) is 0 Å². The summed E-state index contributed by atoms with van der Waals surface area (Å²) in [6, 6.07) is 6.33. The molecule has 206 valence electrons. The minimum absolute atomic E-state index is 0.0352. The van der Waals surface area contributed by atoms with Crippen molar-refractivity contribution in [3.63, 3.8) is 0 Å². The number of benzene rings is 1. The van der Waals surface area contributed by atoms with E-state index in [1.54, 1.807) is 45.8 Å². The summed E-state index contributed by atoms with van der Waals surface area (Å²) >= 11 is 8.11. The van der Waals surface area contributed by atoms with Crippen molar-refractivity contribution in [2.24, 2.45) is 17.8 Å². The second-order valence-electron chi connectivity index (χ2n) is 10.3. The minimum Gasteiger partial charge on any atom is -0.465 e. The van der Waals surface area contributed by atoms with Gasteiger partial charge in [-0.2, -0.15) is 0 Å². The molecule has 3 heterocycles. The first-order valence-corrected chi connectivity index (χ1v) is 14.6. The lowest BCUT2D eigenvalue weighted by Gasteiger charge is -2.40. The van der Waals surface area contributed by atoms with E-state index in [2.05, 4.69) is 20.1 Å². The molecule has 4 rings (SSSR count). The number of aliphatic hydroxyl groups is 1. The van der Waals surface area contributed by atoms with Crippen LogP contribution in [0, 0.1) is 17.8 Å². The number of carbonyl (C=O) groups is 3. The fraction of sp³-hybridized carbons (Fsp3) is 0.552. The number of para-hydroxylation sites is 1. The smallest absolute Gasteiger partial charge is 0.310 e. The van der Waals surface area contributed by atoms with Gasteiger partial charge in [-0.15, -0.1) is 24.9 Å². The molecule has 2 bridgehead atoms. The standard InChI is InChI=1S/C29H37ClN2O5S/c1-4-6-7-10-17-37-28(36)23-22-18-19(3)29(38-22)24(23)26(34)32(15-11-16-33)25(29)27(35)31(14-5-2)21-13-9-8-12-20(21)30/h4-5,8-9,12-13,19,22-25,33H,1-2,6-7,10-11,14-18H2,3H3/t19?,22-,23+,24-,25?,29?/m0/s1. The number of carbonyl (C=O) groups excluding carboxylic acids is 3. The van der Waals surface area contributed by atoms with Crippen LogP contribution < -0.4 is 4.90 Å². The number of fused-ring (bicyclic) bond motifs is 1. The molecule has 0 radical (unpaired) electrons. The monoisotopic (exact) mass is 560 g/mol. The molecule has 0 aliphatic carbocycles. The van der Waals surface area contributed by atoms with Gasteiger partial charge in [0.25, 0.3) is 5.91 Å². The third-order valence-corrected chi connectivity index (χ3v) is 10.5. The maximum Gasteiger partial charge on any atom is 0.310 e. The van der Waals surface area contributed by atoms with E-state index in [4.69, 9.17) is 16.3 Å². The van der Waals surface area contributed by atoms with Crippen LogP contribution in [0.1, 0.15) is 39.0 Å². The number of ether oxygens (including phenoxy) is 1. The molecule has 38 heavy (non-hydrogen) atoms. The van der Waals surface area contributed by atoms with E-state index >= 15 is 0 Å². The molecule has 1 spiro atoms. The molecule has 1 aromatic carbocycles. The maximum absolute atomic E-state index is 14.5. The van der Waals surface area contributed by atoms with E-state index < -0.39 is 22.6 Å². The highest BCUT2D eigenvalue weighted by Gasteiger charge is 2.76. The van der Waals surface area contributed by atoms with E-state index in [9.17, 15) is 19.5 Å². The highest BCUT2D eigenvalue weighted by molar-refractivity contribution is 8.02. The maximum atomic E-state index is 14.5. The summed E-state index contributed by atoms with van der Waals surface area (Å²) in [7, 11) is 0. The molecule has 3 aliphatic heterocycles. The Kier molecular flexibility index (Phi) is 9.27. The van der Waals surface area contributed by atoms with Crippen LogP contribution in [0.4, 0.5) is 5.69 Å². The number of allylic oxidation sites excluding steroid dienone is 1. The first-order valence-electron chi connectivity index (χ1n) is 13.4. The second-order valence-corrected chi connectivity index (χ2v) is 12.3. The molecule has 0 aromatic heterocycles. The van der Waals surface area contributed by atoms with E-state index in [0.717, 1.165) is 25.7 Å². The van der Waals surface area contributed by atoms with Gasteiger partial charge in [0.15, 0.2) is 0 Å². The Balaban J connectivity index is 1.69. The van der Waals surface area contributed by atoms with E-state index in [1.807, 2.05) is 12.1 Å². The van der Waals surface area contributed by atoms with Crippen LogP contribution >= 0.6 is 23.4 Å². The number of amides is 2. The molecule has 6 atom stereocenters. The zero-order chi connectivity index (χ0) is 27.4. The van der Waals surface area contributed by atoms with Gasteiger partial charge in [0, 0.05) is 24.9 Å². The molecule has 7 nitrogen and oxygen atoms in total. The summed E-state index contributed by atoms with van der Waals surface area (Å²) in [6.07, 6.45) is 7.03. The SMILES string of the molecule is C=CCCCCOC(=O)[C@@H]1[C@@H]2CC(C)C3(S2)C(C(=O)N(CC=C)c2ccccc2Cl)N(CCCO)C(=O)[C@H]13. The van der Waals surface area contributed by atoms with Crippen LogP contribution in [0.2, 0.25) is 5.02 Å². The zero-order valence-corrected chi connectivity index (χ0v) is 23.5. The van der Waals surface area contributed by atoms with Gasteiger partial charge in [-0.25, -0.2) is 0 Å². The Morgan fingerprint density at radius 2 is 2.03 bits per heavy atom. The normalized spacial score (nSPS) is 29.3. The third kappa shape index (κ3) is 4.91. The molecule has 1 aromatic rings.